The number of rotatable bonds is 5. The average molecular weight is 272 g/mol. The van der Waals surface area contributed by atoms with Crippen LogP contribution in [0.2, 0.25) is 5.02 Å². The van der Waals surface area contributed by atoms with Gasteiger partial charge in [0.05, 0.1) is 17.3 Å². The standard InChI is InChI=1S/C12H18ClN3O2/c1-7(2)11-15-6-9(13)10(16-11)12(18)14-5-4-8(3)17/h6-8,17H,4-5H2,1-3H3,(H,14,18). The molecule has 5 nitrogen and oxygen atoms in total. The van der Waals surface area contributed by atoms with E-state index >= 15 is 0 Å². The fourth-order valence-electron chi connectivity index (χ4n) is 1.30. The van der Waals surface area contributed by atoms with Crippen LogP contribution in [0.5, 0.6) is 0 Å². The first-order valence-corrected chi connectivity index (χ1v) is 6.28. The van der Waals surface area contributed by atoms with Crippen molar-refractivity contribution in [2.24, 2.45) is 0 Å². The lowest BCUT2D eigenvalue weighted by atomic mass is 10.2. The van der Waals surface area contributed by atoms with E-state index in [9.17, 15) is 4.79 Å². The summed E-state index contributed by atoms with van der Waals surface area (Å²) < 4.78 is 0. The number of halogens is 1. The van der Waals surface area contributed by atoms with Gasteiger partial charge in [0.15, 0.2) is 0 Å². The average Bonchev–Trinajstić information content (AvgIpc) is 2.28. The molecule has 0 aliphatic carbocycles. The minimum atomic E-state index is -0.447. The normalized spacial score (nSPS) is 12.6. The summed E-state index contributed by atoms with van der Waals surface area (Å²) in [4.78, 5) is 20.1. The van der Waals surface area contributed by atoms with Crippen LogP contribution in [0, 0.1) is 0 Å². The number of hydrogen-bond acceptors (Lipinski definition) is 4. The molecule has 18 heavy (non-hydrogen) atoms. The molecule has 1 amide bonds. The van der Waals surface area contributed by atoms with E-state index in [-0.39, 0.29) is 22.5 Å². The molecule has 1 rings (SSSR count). The van der Waals surface area contributed by atoms with Gasteiger partial charge in [-0.15, -0.1) is 0 Å². The van der Waals surface area contributed by atoms with Gasteiger partial charge in [0.2, 0.25) is 0 Å². The molecule has 1 aromatic rings. The predicted molar refractivity (Wildman–Crippen MR) is 69.8 cm³/mol. The number of carbonyl (C=O) groups excluding carboxylic acids is 1. The molecule has 1 unspecified atom stereocenters. The molecule has 0 radical (unpaired) electrons. The quantitative estimate of drug-likeness (QED) is 0.856. The zero-order chi connectivity index (χ0) is 13.7. The largest absolute Gasteiger partial charge is 0.393 e. The minimum absolute atomic E-state index is 0.131. The van der Waals surface area contributed by atoms with Crippen molar-refractivity contribution in [2.45, 2.75) is 39.2 Å². The first-order valence-electron chi connectivity index (χ1n) is 5.90. The maximum absolute atomic E-state index is 11.9. The van der Waals surface area contributed by atoms with Crippen LogP contribution in [-0.4, -0.2) is 33.6 Å². The highest BCUT2D eigenvalue weighted by Crippen LogP contribution is 2.16. The van der Waals surface area contributed by atoms with Crippen LogP contribution in [-0.2, 0) is 0 Å². The number of aliphatic hydroxyl groups excluding tert-OH is 1. The summed E-state index contributed by atoms with van der Waals surface area (Å²) in [6.45, 7) is 5.94. The Morgan fingerprint density at radius 3 is 2.72 bits per heavy atom. The van der Waals surface area contributed by atoms with Gasteiger partial charge < -0.3 is 10.4 Å². The molecule has 0 bridgehead atoms. The van der Waals surface area contributed by atoms with E-state index in [4.69, 9.17) is 16.7 Å². The maximum Gasteiger partial charge on any atom is 0.271 e. The molecule has 0 aliphatic rings. The lowest BCUT2D eigenvalue weighted by molar-refractivity contribution is 0.0940. The van der Waals surface area contributed by atoms with Crippen LogP contribution in [0.4, 0.5) is 0 Å². The van der Waals surface area contributed by atoms with Gasteiger partial charge in [-0.1, -0.05) is 25.4 Å². The van der Waals surface area contributed by atoms with Crippen molar-refractivity contribution < 1.29 is 9.90 Å². The third-order valence-corrected chi connectivity index (χ3v) is 2.62. The van der Waals surface area contributed by atoms with Crippen LogP contribution in [0.1, 0.15) is 49.4 Å². The van der Waals surface area contributed by atoms with E-state index in [0.717, 1.165) is 0 Å². The summed E-state index contributed by atoms with van der Waals surface area (Å²) in [5.41, 5.74) is 0.181. The molecule has 6 heteroatoms. The lowest BCUT2D eigenvalue weighted by Gasteiger charge is -2.09. The van der Waals surface area contributed by atoms with Crippen molar-refractivity contribution in [1.29, 1.82) is 0 Å². The molecule has 0 aromatic carbocycles. The van der Waals surface area contributed by atoms with Crippen LogP contribution in [0.25, 0.3) is 0 Å². The summed E-state index contributed by atoms with van der Waals surface area (Å²) >= 11 is 5.90. The highest BCUT2D eigenvalue weighted by molar-refractivity contribution is 6.33. The minimum Gasteiger partial charge on any atom is -0.393 e. The van der Waals surface area contributed by atoms with E-state index in [1.807, 2.05) is 13.8 Å². The molecule has 0 spiro atoms. The van der Waals surface area contributed by atoms with Gasteiger partial charge in [0.1, 0.15) is 11.5 Å². The summed E-state index contributed by atoms with van der Waals surface area (Å²) in [5, 5.41) is 12.0. The topological polar surface area (TPSA) is 75.1 Å². The Labute approximate surface area is 112 Å². The molecular weight excluding hydrogens is 254 g/mol. The molecule has 0 fully saturated rings. The molecular formula is C12H18ClN3O2. The molecule has 100 valence electrons. The zero-order valence-corrected chi connectivity index (χ0v) is 11.5. The summed E-state index contributed by atoms with van der Waals surface area (Å²) in [6, 6.07) is 0. The van der Waals surface area contributed by atoms with E-state index in [1.165, 1.54) is 6.20 Å². The Morgan fingerprint density at radius 1 is 1.50 bits per heavy atom. The first kappa shape index (κ1) is 14.9. The van der Waals surface area contributed by atoms with Gasteiger partial charge in [-0.2, -0.15) is 0 Å². The smallest absolute Gasteiger partial charge is 0.271 e. The molecule has 1 aromatic heterocycles. The molecule has 2 N–H and O–H groups in total. The molecule has 1 atom stereocenters. The first-order chi connectivity index (χ1) is 8.41. The number of aliphatic hydroxyl groups is 1. The van der Waals surface area contributed by atoms with Gasteiger partial charge >= 0.3 is 0 Å². The fourth-order valence-corrected chi connectivity index (χ4v) is 1.47. The number of nitrogens with zero attached hydrogens (tertiary/aromatic N) is 2. The van der Waals surface area contributed by atoms with Crippen LogP contribution in [0.3, 0.4) is 0 Å². The van der Waals surface area contributed by atoms with Crippen molar-refractivity contribution in [3.8, 4) is 0 Å². The summed E-state index contributed by atoms with van der Waals surface area (Å²) in [5.74, 6) is 0.372. The SMILES string of the molecule is CC(O)CCNC(=O)c1nc(C(C)C)ncc1Cl. The zero-order valence-electron chi connectivity index (χ0n) is 10.8. The van der Waals surface area contributed by atoms with Gasteiger partial charge in [-0.3, -0.25) is 4.79 Å². The molecule has 1 heterocycles. The van der Waals surface area contributed by atoms with Crippen LogP contribution >= 0.6 is 11.6 Å². The monoisotopic (exact) mass is 271 g/mol. The maximum atomic E-state index is 11.9. The summed E-state index contributed by atoms with van der Waals surface area (Å²) in [6.07, 6.45) is 1.48. The lowest BCUT2D eigenvalue weighted by Crippen LogP contribution is -2.28. The van der Waals surface area contributed by atoms with Gasteiger partial charge in [-0.05, 0) is 13.3 Å². The highest BCUT2D eigenvalue weighted by Gasteiger charge is 2.15. The number of carbonyl (C=O) groups is 1. The van der Waals surface area contributed by atoms with Crippen LogP contribution < -0.4 is 5.32 Å². The molecule has 0 saturated heterocycles. The van der Waals surface area contributed by atoms with Crippen molar-refractivity contribution >= 4 is 17.5 Å². The van der Waals surface area contributed by atoms with E-state index in [0.29, 0.717) is 18.8 Å². The number of nitrogens with one attached hydrogen (secondary N) is 1. The molecule has 0 saturated carbocycles. The van der Waals surface area contributed by atoms with Crippen molar-refractivity contribution in [3.05, 3.63) is 22.7 Å². The highest BCUT2D eigenvalue weighted by atomic mass is 35.5. The Hall–Kier alpha value is -1.20. The number of hydrogen-bond donors (Lipinski definition) is 2. The third-order valence-electron chi connectivity index (χ3n) is 2.34. The van der Waals surface area contributed by atoms with Gasteiger partial charge in [0.25, 0.3) is 5.91 Å². The third kappa shape index (κ3) is 4.23. The van der Waals surface area contributed by atoms with E-state index < -0.39 is 6.10 Å². The van der Waals surface area contributed by atoms with Crippen LogP contribution in [0.15, 0.2) is 6.20 Å². The van der Waals surface area contributed by atoms with Crippen molar-refractivity contribution in [2.75, 3.05) is 6.54 Å². The second-order valence-corrected chi connectivity index (χ2v) is 4.88. The van der Waals surface area contributed by atoms with Crippen molar-refractivity contribution in [3.63, 3.8) is 0 Å². The number of amides is 1. The second-order valence-electron chi connectivity index (χ2n) is 4.47. The summed E-state index contributed by atoms with van der Waals surface area (Å²) in [7, 11) is 0. The predicted octanol–water partition coefficient (Wildman–Crippen LogP) is 1.75. The Kier molecular flexibility index (Phi) is 5.50. The fraction of sp³-hybridized carbons (Fsp3) is 0.583. The van der Waals surface area contributed by atoms with E-state index in [1.54, 1.807) is 6.92 Å². The molecule has 0 aliphatic heterocycles. The Morgan fingerprint density at radius 2 is 2.17 bits per heavy atom. The van der Waals surface area contributed by atoms with Crippen molar-refractivity contribution in [1.82, 2.24) is 15.3 Å². The number of aromatic nitrogens is 2. The van der Waals surface area contributed by atoms with E-state index in [2.05, 4.69) is 15.3 Å². The second kappa shape index (κ2) is 6.66. The van der Waals surface area contributed by atoms with Gasteiger partial charge in [0, 0.05) is 12.5 Å². The Bertz CT molecular complexity index is 422. The Balaban J connectivity index is 2.75. The van der Waals surface area contributed by atoms with Gasteiger partial charge in [-0.25, -0.2) is 9.97 Å².